The van der Waals surface area contributed by atoms with Crippen LogP contribution in [0.25, 0.3) is 0 Å². The highest BCUT2D eigenvalue weighted by molar-refractivity contribution is 7.85. The molecule has 0 aliphatic rings. The Labute approximate surface area is 101 Å². The molecule has 1 aromatic carbocycles. The molecule has 1 rings (SSSR count). The predicted octanol–water partition coefficient (Wildman–Crippen LogP) is 2.65. The first-order valence-electron chi connectivity index (χ1n) is 5.69. The van der Waals surface area contributed by atoms with Crippen LogP contribution in [0.1, 0.15) is 39.2 Å². The second-order valence-corrected chi connectivity index (χ2v) is 6.40. The van der Waals surface area contributed by atoms with Crippen LogP contribution in [0.5, 0.6) is 0 Å². The lowest BCUT2D eigenvalue weighted by molar-refractivity contribution is 0.649. The molecule has 1 aromatic rings. The van der Waals surface area contributed by atoms with E-state index in [1.54, 1.807) is 0 Å². The Morgan fingerprint density at radius 3 is 1.94 bits per heavy atom. The van der Waals surface area contributed by atoms with Gasteiger partial charge in [0.25, 0.3) is 0 Å². The summed E-state index contributed by atoms with van der Waals surface area (Å²) in [5, 5.41) is -0.00935. The van der Waals surface area contributed by atoms with Crippen molar-refractivity contribution in [3.63, 3.8) is 0 Å². The second kappa shape index (κ2) is 5.60. The lowest BCUT2D eigenvalue weighted by Gasteiger charge is -2.15. The van der Waals surface area contributed by atoms with Gasteiger partial charge in [-0.15, -0.1) is 0 Å². The van der Waals surface area contributed by atoms with Gasteiger partial charge in [-0.1, -0.05) is 26.0 Å². The van der Waals surface area contributed by atoms with Crippen molar-refractivity contribution in [1.82, 2.24) is 0 Å². The Bertz CT molecular complexity index is 357. The van der Waals surface area contributed by atoms with E-state index in [1.807, 2.05) is 38.1 Å². The molecule has 90 valence electrons. The summed E-state index contributed by atoms with van der Waals surface area (Å²) < 4.78 is 12.1. The molecule has 0 bridgehead atoms. The highest BCUT2D eigenvalue weighted by Crippen LogP contribution is 2.18. The minimum atomic E-state index is -1.00. The van der Waals surface area contributed by atoms with E-state index in [4.69, 9.17) is 5.73 Å². The third kappa shape index (κ3) is 3.16. The highest BCUT2D eigenvalue weighted by atomic mass is 32.2. The summed E-state index contributed by atoms with van der Waals surface area (Å²) in [5.74, 6) is 0.508. The molecule has 0 amide bonds. The zero-order valence-electron chi connectivity index (χ0n) is 10.4. The maximum Gasteiger partial charge on any atom is 0.0573 e. The fourth-order valence-electron chi connectivity index (χ4n) is 1.40. The lowest BCUT2D eigenvalue weighted by Crippen LogP contribution is -2.32. The normalized spacial score (nSPS) is 17.1. The van der Waals surface area contributed by atoms with E-state index in [2.05, 4.69) is 13.8 Å². The van der Waals surface area contributed by atoms with Crippen LogP contribution in [0.3, 0.4) is 0 Å². The Kier molecular flexibility index (Phi) is 4.69. The van der Waals surface area contributed by atoms with Gasteiger partial charge in [-0.3, -0.25) is 4.21 Å². The molecule has 0 saturated heterocycles. The summed E-state index contributed by atoms with van der Waals surface area (Å²) in [6, 6.07) is 7.94. The monoisotopic (exact) mass is 239 g/mol. The lowest BCUT2D eigenvalue weighted by atomic mass is 10.0. The van der Waals surface area contributed by atoms with Crippen molar-refractivity contribution in [3.8, 4) is 0 Å². The van der Waals surface area contributed by atoms with Gasteiger partial charge in [-0.2, -0.15) is 0 Å². The summed E-state index contributed by atoms with van der Waals surface area (Å²) in [4.78, 5) is 0.870. The zero-order chi connectivity index (χ0) is 12.3. The van der Waals surface area contributed by atoms with Crippen LogP contribution < -0.4 is 5.73 Å². The molecule has 0 spiro atoms. The van der Waals surface area contributed by atoms with Crippen molar-refractivity contribution in [2.45, 2.75) is 49.8 Å². The molecule has 0 aliphatic carbocycles. The van der Waals surface area contributed by atoms with Gasteiger partial charge < -0.3 is 5.73 Å². The molecule has 0 heterocycles. The van der Waals surface area contributed by atoms with Crippen molar-refractivity contribution in [2.24, 2.45) is 5.73 Å². The smallest absolute Gasteiger partial charge is 0.0573 e. The molecular weight excluding hydrogens is 218 g/mol. The average molecular weight is 239 g/mol. The number of rotatable bonds is 4. The molecule has 2 N–H and O–H groups in total. The molecule has 3 atom stereocenters. The van der Waals surface area contributed by atoms with Crippen LogP contribution in [0, 0.1) is 0 Å². The third-order valence-electron chi connectivity index (χ3n) is 2.86. The molecule has 2 nitrogen and oxygen atoms in total. The largest absolute Gasteiger partial charge is 0.327 e. The summed E-state index contributed by atoms with van der Waals surface area (Å²) in [5.41, 5.74) is 7.03. The summed E-state index contributed by atoms with van der Waals surface area (Å²) in [6.45, 7) is 8.12. The first kappa shape index (κ1) is 13.4. The van der Waals surface area contributed by atoms with Gasteiger partial charge in [-0.25, -0.2) is 0 Å². The fraction of sp³-hybridized carbons (Fsp3) is 0.538. The van der Waals surface area contributed by atoms with Gasteiger partial charge in [0.15, 0.2) is 0 Å². The SMILES string of the molecule is CC(C)c1ccc(S(=O)C(C)C(C)N)cc1. The maximum absolute atomic E-state index is 12.1. The van der Waals surface area contributed by atoms with Crippen LogP contribution in [0.15, 0.2) is 29.2 Å². The van der Waals surface area contributed by atoms with Crippen LogP contribution in [0.4, 0.5) is 0 Å². The van der Waals surface area contributed by atoms with Crippen molar-refractivity contribution in [1.29, 1.82) is 0 Å². The van der Waals surface area contributed by atoms with Crippen molar-refractivity contribution in [2.75, 3.05) is 0 Å². The summed E-state index contributed by atoms with van der Waals surface area (Å²) in [7, 11) is -1.00. The Hall–Kier alpha value is -0.670. The van der Waals surface area contributed by atoms with Gasteiger partial charge in [0.05, 0.1) is 16.0 Å². The van der Waals surface area contributed by atoms with Gasteiger partial charge in [0.1, 0.15) is 0 Å². The molecule has 0 fully saturated rings. The Balaban J connectivity index is 2.86. The van der Waals surface area contributed by atoms with Crippen LogP contribution >= 0.6 is 0 Å². The molecule has 0 saturated carbocycles. The van der Waals surface area contributed by atoms with Crippen LogP contribution in [-0.4, -0.2) is 15.5 Å². The van der Waals surface area contributed by atoms with E-state index in [0.29, 0.717) is 5.92 Å². The molecule has 0 aliphatic heterocycles. The van der Waals surface area contributed by atoms with E-state index >= 15 is 0 Å². The van der Waals surface area contributed by atoms with Gasteiger partial charge >= 0.3 is 0 Å². The topological polar surface area (TPSA) is 43.1 Å². The molecule has 0 radical (unpaired) electrons. The minimum Gasteiger partial charge on any atom is -0.327 e. The highest BCUT2D eigenvalue weighted by Gasteiger charge is 2.17. The number of hydrogen-bond donors (Lipinski definition) is 1. The van der Waals surface area contributed by atoms with E-state index in [1.165, 1.54) is 5.56 Å². The quantitative estimate of drug-likeness (QED) is 0.877. The number of benzene rings is 1. The van der Waals surface area contributed by atoms with Crippen molar-refractivity contribution >= 4 is 10.8 Å². The van der Waals surface area contributed by atoms with E-state index < -0.39 is 10.8 Å². The van der Waals surface area contributed by atoms with Crippen molar-refractivity contribution in [3.05, 3.63) is 29.8 Å². The average Bonchev–Trinajstić information content (AvgIpc) is 2.27. The predicted molar refractivity (Wildman–Crippen MR) is 70.1 cm³/mol. The van der Waals surface area contributed by atoms with Crippen LogP contribution in [0.2, 0.25) is 0 Å². The van der Waals surface area contributed by atoms with Gasteiger partial charge in [0.2, 0.25) is 0 Å². The minimum absolute atomic E-state index is 0.00935. The fourth-order valence-corrected chi connectivity index (χ4v) is 2.62. The van der Waals surface area contributed by atoms with E-state index in [0.717, 1.165) is 4.90 Å². The summed E-state index contributed by atoms with van der Waals surface area (Å²) in [6.07, 6.45) is 0. The van der Waals surface area contributed by atoms with E-state index in [-0.39, 0.29) is 11.3 Å². The summed E-state index contributed by atoms with van der Waals surface area (Å²) >= 11 is 0. The molecular formula is C13H21NOS. The molecule has 16 heavy (non-hydrogen) atoms. The molecule has 3 unspecified atom stereocenters. The maximum atomic E-state index is 12.1. The van der Waals surface area contributed by atoms with E-state index in [9.17, 15) is 4.21 Å². The van der Waals surface area contributed by atoms with Crippen molar-refractivity contribution < 1.29 is 4.21 Å². The van der Waals surface area contributed by atoms with Gasteiger partial charge in [-0.05, 0) is 37.5 Å². The standard InChI is InChI=1S/C13H21NOS/c1-9(2)12-5-7-13(8-6-12)16(15)11(4)10(3)14/h5-11H,14H2,1-4H3. The number of nitrogens with two attached hydrogens (primary N) is 1. The number of hydrogen-bond acceptors (Lipinski definition) is 2. The Morgan fingerprint density at radius 1 is 1.06 bits per heavy atom. The Morgan fingerprint density at radius 2 is 1.56 bits per heavy atom. The first-order valence-corrected chi connectivity index (χ1v) is 6.91. The first-order chi connectivity index (χ1) is 7.43. The molecule has 3 heteroatoms. The third-order valence-corrected chi connectivity index (χ3v) is 4.70. The zero-order valence-corrected chi connectivity index (χ0v) is 11.3. The second-order valence-electron chi connectivity index (χ2n) is 4.59. The molecule has 0 aromatic heterocycles. The van der Waals surface area contributed by atoms with Crippen LogP contribution in [-0.2, 0) is 10.8 Å². The van der Waals surface area contributed by atoms with Gasteiger partial charge in [0, 0.05) is 10.9 Å².